The van der Waals surface area contributed by atoms with Gasteiger partial charge >= 0.3 is 0 Å². The second kappa shape index (κ2) is 7.55. The van der Waals surface area contributed by atoms with Gasteiger partial charge in [-0.2, -0.15) is 0 Å². The van der Waals surface area contributed by atoms with Crippen LogP contribution < -0.4 is 0 Å². The van der Waals surface area contributed by atoms with Crippen molar-refractivity contribution in [2.24, 2.45) is 5.92 Å². The average Bonchev–Trinajstić information content (AvgIpc) is 3.36. The first-order valence-corrected chi connectivity index (χ1v) is 10.6. The van der Waals surface area contributed by atoms with Crippen molar-refractivity contribution in [3.63, 3.8) is 0 Å². The van der Waals surface area contributed by atoms with Crippen molar-refractivity contribution in [1.82, 2.24) is 24.8 Å². The molecule has 0 amide bonds. The minimum absolute atomic E-state index is 0.505. The van der Waals surface area contributed by atoms with Crippen molar-refractivity contribution in [2.75, 3.05) is 0 Å². The topological polar surface area (TPSA) is 58.9 Å². The van der Waals surface area contributed by atoms with E-state index in [1.807, 2.05) is 22.8 Å². The molecule has 3 heterocycles. The molecule has 0 radical (unpaired) electrons. The van der Waals surface area contributed by atoms with E-state index in [4.69, 9.17) is 11.6 Å². The van der Waals surface area contributed by atoms with Crippen LogP contribution in [0.2, 0.25) is 5.02 Å². The Hall–Kier alpha value is -2.40. The van der Waals surface area contributed by atoms with Gasteiger partial charge in [0.15, 0.2) is 0 Å². The number of fused-ring (bicyclic) bond motifs is 3. The van der Waals surface area contributed by atoms with Gasteiger partial charge in [0.05, 0.1) is 5.69 Å². The summed E-state index contributed by atoms with van der Waals surface area (Å²) in [5.41, 5.74) is 4.56. The minimum atomic E-state index is 0.505. The summed E-state index contributed by atoms with van der Waals surface area (Å²) in [5, 5.41) is 10.8. The van der Waals surface area contributed by atoms with E-state index in [0.717, 1.165) is 39.6 Å². The number of aromatic amines is 1. The third-order valence-corrected chi connectivity index (χ3v) is 6.47. The molecule has 28 heavy (non-hydrogen) atoms. The molecule has 5 nitrogen and oxygen atoms in total. The normalized spacial score (nSPS) is 20.2. The van der Waals surface area contributed by atoms with Gasteiger partial charge in [0.25, 0.3) is 0 Å². The van der Waals surface area contributed by atoms with Crippen LogP contribution in [0.5, 0.6) is 0 Å². The maximum absolute atomic E-state index is 5.97. The van der Waals surface area contributed by atoms with Gasteiger partial charge in [-0.05, 0) is 68.2 Å². The molecule has 1 aromatic carbocycles. The molecule has 0 spiro atoms. The quantitative estimate of drug-likeness (QED) is 0.483. The number of H-pyrrole nitrogens is 1. The van der Waals surface area contributed by atoms with Crippen LogP contribution >= 0.6 is 11.6 Å². The molecule has 0 aliphatic heterocycles. The van der Waals surface area contributed by atoms with Gasteiger partial charge in [0, 0.05) is 22.5 Å². The molecule has 3 aromatic heterocycles. The van der Waals surface area contributed by atoms with Gasteiger partial charge in [-0.25, -0.2) is 9.50 Å². The minimum Gasteiger partial charge on any atom is -0.346 e. The second-order valence-corrected chi connectivity index (χ2v) is 8.43. The summed E-state index contributed by atoms with van der Waals surface area (Å²) in [5.74, 6) is 1.34. The summed E-state index contributed by atoms with van der Waals surface area (Å²) in [6, 6.07) is 10.3. The zero-order valence-electron chi connectivity index (χ0n) is 15.8. The van der Waals surface area contributed by atoms with Crippen LogP contribution in [-0.4, -0.2) is 24.8 Å². The molecule has 6 heteroatoms. The van der Waals surface area contributed by atoms with Crippen molar-refractivity contribution < 1.29 is 0 Å². The Bertz CT molecular complexity index is 1070. The molecule has 1 N–H and O–H groups in total. The molecule has 1 fully saturated rings. The molecule has 0 unspecified atom stereocenters. The number of nitrogens with zero attached hydrogens (tertiary/aromatic N) is 4. The van der Waals surface area contributed by atoms with Gasteiger partial charge in [0.2, 0.25) is 0 Å². The summed E-state index contributed by atoms with van der Waals surface area (Å²) in [7, 11) is 0. The summed E-state index contributed by atoms with van der Waals surface area (Å²) in [6.45, 7) is 0. The lowest BCUT2D eigenvalue weighted by atomic mass is 9.78. The van der Waals surface area contributed by atoms with Crippen molar-refractivity contribution >= 4 is 28.2 Å². The van der Waals surface area contributed by atoms with Crippen molar-refractivity contribution in [2.45, 2.75) is 50.9 Å². The van der Waals surface area contributed by atoms with E-state index >= 15 is 0 Å². The lowest BCUT2D eigenvalue weighted by molar-refractivity contribution is 0.303. The van der Waals surface area contributed by atoms with Crippen LogP contribution in [0.1, 0.15) is 55.7 Å². The molecule has 0 bridgehead atoms. The highest BCUT2D eigenvalue weighted by Gasteiger charge is 2.26. The Morgan fingerprint density at radius 1 is 1.07 bits per heavy atom. The number of hydrogen-bond donors (Lipinski definition) is 1. The third-order valence-electron chi connectivity index (χ3n) is 6.22. The molecule has 1 saturated carbocycles. The van der Waals surface area contributed by atoms with Crippen LogP contribution in [0, 0.1) is 5.92 Å². The molecule has 1 aliphatic carbocycles. The Labute approximate surface area is 169 Å². The van der Waals surface area contributed by atoms with Crippen LogP contribution in [0.15, 0.2) is 42.9 Å². The van der Waals surface area contributed by atoms with Gasteiger partial charge in [-0.1, -0.05) is 35.4 Å². The molecule has 4 aromatic rings. The Morgan fingerprint density at radius 3 is 2.71 bits per heavy atom. The predicted octanol–water partition coefficient (Wildman–Crippen LogP) is 5.56. The first-order chi connectivity index (χ1) is 13.8. The Kier molecular flexibility index (Phi) is 4.77. The fourth-order valence-electron chi connectivity index (χ4n) is 4.66. The standard InChI is InChI=1S/C22H24ClN5/c23-18-10-6-16(7-11-18)3-1-2-15-4-8-17(9-5-15)20-21-19-12-13-24-22(19)25-14-28(21)27-26-20/h6-7,10-15,17,24H,1-5,8-9H2. The van der Waals surface area contributed by atoms with E-state index in [0.29, 0.717) is 5.92 Å². The molecule has 144 valence electrons. The maximum atomic E-state index is 5.97. The Morgan fingerprint density at radius 2 is 1.89 bits per heavy atom. The zero-order chi connectivity index (χ0) is 18.9. The van der Waals surface area contributed by atoms with Crippen molar-refractivity contribution in [3.05, 3.63) is 59.1 Å². The van der Waals surface area contributed by atoms with Crippen LogP contribution in [0.4, 0.5) is 0 Å². The van der Waals surface area contributed by atoms with E-state index in [1.165, 1.54) is 44.1 Å². The molecule has 5 rings (SSSR count). The predicted molar refractivity (Wildman–Crippen MR) is 112 cm³/mol. The lowest BCUT2D eigenvalue weighted by Gasteiger charge is -2.27. The smallest absolute Gasteiger partial charge is 0.141 e. The molecular weight excluding hydrogens is 370 g/mol. The average molecular weight is 394 g/mol. The van der Waals surface area contributed by atoms with Crippen molar-refractivity contribution in [3.8, 4) is 0 Å². The first kappa shape index (κ1) is 17.7. The monoisotopic (exact) mass is 393 g/mol. The Balaban J connectivity index is 1.21. The fourth-order valence-corrected chi connectivity index (χ4v) is 4.79. The number of hydrogen-bond acceptors (Lipinski definition) is 3. The van der Waals surface area contributed by atoms with E-state index in [-0.39, 0.29) is 0 Å². The van der Waals surface area contributed by atoms with Gasteiger partial charge in [-0.3, -0.25) is 0 Å². The van der Waals surface area contributed by atoms with E-state index < -0.39 is 0 Å². The number of aromatic nitrogens is 5. The first-order valence-electron chi connectivity index (χ1n) is 10.2. The summed E-state index contributed by atoms with van der Waals surface area (Å²) in [6.07, 6.45) is 12.4. The summed E-state index contributed by atoms with van der Waals surface area (Å²) in [4.78, 5) is 7.59. The number of nitrogens with one attached hydrogen (secondary N) is 1. The summed E-state index contributed by atoms with van der Waals surface area (Å²) >= 11 is 5.97. The number of benzene rings is 1. The largest absolute Gasteiger partial charge is 0.346 e. The maximum Gasteiger partial charge on any atom is 0.141 e. The molecular formula is C22H24ClN5. The fraction of sp³-hybridized carbons (Fsp3) is 0.409. The van der Waals surface area contributed by atoms with Crippen LogP contribution in [0.25, 0.3) is 16.6 Å². The highest BCUT2D eigenvalue weighted by Crippen LogP contribution is 2.39. The number of halogens is 1. The van der Waals surface area contributed by atoms with Crippen LogP contribution in [0.3, 0.4) is 0 Å². The van der Waals surface area contributed by atoms with Gasteiger partial charge in [-0.15, -0.1) is 5.10 Å². The highest BCUT2D eigenvalue weighted by atomic mass is 35.5. The highest BCUT2D eigenvalue weighted by molar-refractivity contribution is 6.30. The molecule has 1 aliphatic rings. The molecule has 0 atom stereocenters. The van der Waals surface area contributed by atoms with Gasteiger partial charge in [0.1, 0.15) is 17.5 Å². The zero-order valence-corrected chi connectivity index (χ0v) is 16.6. The number of rotatable bonds is 5. The number of aryl methyl sites for hydroxylation is 1. The van der Waals surface area contributed by atoms with E-state index in [1.54, 1.807) is 6.33 Å². The lowest BCUT2D eigenvalue weighted by Crippen LogP contribution is -2.14. The third kappa shape index (κ3) is 3.39. The second-order valence-electron chi connectivity index (χ2n) is 7.99. The van der Waals surface area contributed by atoms with E-state index in [9.17, 15) is 0 Å². The van der Waals surface area contributed by atoms with Gasteiger partial charge < -0.3 is 4.98 Å². The van der Waals surface area contributed by atoms with Crippen molar-refractivity contribution in [1.29, 1.82) is 0 Å². The SMILES string of the molecule is Clc1ccc(CCCC2CCC(c3nnn4cnc5[nH]ccc5c34)CC2)cc1. The molecule has 0 saturated heterocycles. The summed E-state index contributed by atoms with van der Waals surface area (Å²) < 4.78 is 1.82. The van der Waals surface area contributed by atoms with Crippen LogP contribution in [-0.2, 0) is 6.42 Å². The van der Waals surface area contributed by atoms with E-state index in [2.05, 4.69) is 38.5 Å².